The summed E-state index contributed by atoms with van der Waals surface area (Å²) in [6.07, 6.45) is 1.25. The molecule has 146 valence electrons. The smallest absolute Gasteiger partial charge is 0.246 e. The molecule has 0 bridgehead atoms. The Kier molecular flexibility index (Phi) is 7.02. The zero-order valence-corrected chi connectivity index (χ0v) is 16.4. The van der Waals surface area contributed by atoms with Gasteiger partial charge in [-0.1, -0.05) is 19.9 Å². The lowest BCUT2D eigenvalue weighted by atomic mass is 9.99. The Morgan fingerprint density at radius 2 is 2.15 bits per heavy atom. The molecule has 1 aromatic carbocycles. The van der Waals surface area contributed by atoms with E-state index in [2.05, 4.69) is 5.32 Å². The van der Waals surface area contributed by atoms with E-state index in [0.29, 0.717) is 25.1 Å². The summed E-state index contributed by atoms with van der Waals surface area (Å²) in [6, 6.07) is 5.20. The van der Waals surface area contributed by atoms with Gasteiger partial charge in [0.25, 0.3) is 0 Å². The number of nitrogens with zero attached hydrogens (tertiary/aromatic N) is 1. The van der Waals surface area contributed by atoms with Crippen LogP contribution in [0.25, 0.3) is 0 Å². The highest BCUT2D eigenvalue weighted by Gasteiger charge is 2.35. The van der Waals surface area contributed by atoms with Crippen molar-refractivity contribution in [2.24, 2.45) is 5.92 Å². The molecule has 8 heteroatoms. The van der Waals surface area contributed by atoms with E-state index in [1.54, 1.807) is 12.1 Å². The van der Waals surface area contributed by atoms with Gasteiger partial charge in [-0.3, -0.25) is 4.79 Å². The van der Waals surface area contributed by atoms with Crippen LogP contribution in [0.2, 0.25) is 0 Å². The molecule has 0 aromatic heterocycles. The summed E-state index contributed by atoms with van der Waals surface area (Å²) in [5, 5.41) is 11.5. The fraction of sp³-hybridized carbons (Fsp3) is 0.611. The predicted molar refractivity (Wildman–Crippen MR) is 98.7 cm³/mol. The van der Waals surface area contributed by atoms with Crippen molar-refractivity contribution in [3.8, 4) is 5.75 Å². The topological polar surface area (TPSA) is 95.9 Å². The monoisotopic (exact) mass is 384 g/mol. The summed E-state index contributed by atoms with van der Waals surface area (Å²) in [5.41, 5.74) is 0.915. The lowest BCUT2D eigenvalue weighted by Gasteiger charge is -2.31. The molecule has 0 aliphatic carbocycles. The Morgan fingerprint density at radius 3 is 2.77 bits per heavy atom. The van der Waals surface area contributed by atoms with Crippen molar-refractivity contribution >= 4 is 15.9 Å². The number of aliphatic hydroxyl groups is 1. The second-order valence-corrected chi connectivity index (χ2v) is 8.69. The van der Waals surface area contributed by atoms with Crippen LogP contribution >= 0.6 is 0 Å². The third-order valence-corrected chi connectivity index (χ3v) is 6.52. The number of carbonyl (C=O) groups is 1. The van der Waals surface area contributed by atoms with E-state index in [0.717, 1.165) is 5.56 Å². The van der Waals surface area contributed by atoms with Gasteiger partial charge in [0, 0.05) is 19.6 Å². The van der Waals surface area contributed by atoms with Crippen molar-refractivity contribution in [3.05, 3.63) is 23.8 Å². The van der Waals surface area contributed by atoms with Crippen molar-refractivity contribution in [2.45, 2.75) is 37.5 Å². The number of hydrogen-bond acceptors (Lipinski definition) is 5. The highest BCUT2D eigenvalue weighted by atomic mass is 32.2. The molecule has 1 aromatic rings. The van der Waals surface area contributed by atoms with Crippen molar-refractivity contribution in [2.75, 3.05) is 33.4 Å². The van der Waals surface area contributed by atoms with Gasteiger partial charge >= 0.3 is 0 Å². The fourth-order valence-corrected chi connectivity index (χ4v) is 4.81. The van der Waals surface area contributed by atoms with Gasteiger partial charge in [-0.2, -0.15) is 4.31 Å². The van der Waals surface area contributed by atoms with E-state index in [1.165, 1.54) is 11.4 Å². The quantitative estimate of drug-likeness (QED) is 0.739. The zero-order chi connectivity index (χ0) is 19.3. The minimum Gasteiger partial charge on any atom is -0.495 e. The molecule has 26 heavy (non-hydrogen) atoms. The molecule has 0 radical (unpaired) electrons. The first-order chi connectivity index (χ1) is 12.3. The highest BCUT2D eigenvalue weighted by molar-refractivity contribution is 7.89. The molecule has 1 fully saturated rings. The van der Waals surface area contributed by atoms with Crippen molar-refractivity contribution in [1.29, 1.82) is 0 Å². The van der Waals surface area contributed by atoms with Gasteiger partial charge in [0.1, 0.15) is 10.6 Å². The van der Waals surface area contributed by atoms with Gasteiger partial charge < -0.3 is 15.2 Å². The maximum atomic E-state index is 13.2. The average molecular weight is 384 g/mol. The van der Waals surface area contributed by atoms with Crippen LogP contribution in [0.1, 0.15) is 38.2 Å². The number of ether oxygens (including phenoxy) is 1. The van der Waals surface area contributed by atoms with Crippen LogP contribution in [0.15, 0.2) is 23.1 Å². The molecular weight excluding hydrogens is 356 g/mol. The number of sulfonamides is 1. The molecule has 1 aliphatic rings. The Labute approximate surface area is 155 Å². The number of nitrogens with one attached hydrogen (secondary N) is 1. The summed E-state index contributed by atoms with van der Waals surface area (Å²) in [7, 11) is -2.32. The maximum absolute atomic E-state index is 13.2. The molecule has 2 rings (SSSR count). The largest absolute Gasteiger partial charge is 0.495 e. The van der Waals surface area contributed by atoms with E-state index in [-0.39, 0.29) is 36.4 Å². The molecule has 0 unspecified atom stereocenters. The third-order valence-electron chi connectivity index (χ3n) is 4.64. The number of amides is 1. The van der Waals surface area contributed by atoms with E-state index < -0.39 is 15.9 Å². The second-order valence-electron chi connectivity index (χ2n) is 6.78. The van der Waals surface area contributed by atoms with Crippen molar-refractivity contribution < 1.29 is 23.1 Å². The van der Waals surface area contributed by atoms with Crippen LogP contribution < -0.4 is 10.1 Å². The van der Waals surface area contributed by atoms with Crippen LogP contribution in [0.4, 0.5) is 0 Å². The highest BCUT2D eigenvalue weighted by Crippen LogP contribution is 2.32. The number of hydrogen-bond donors (Lipinski definition) is 2. The van der Waals surface area contributed by atoms with Gasteiger partial charge in [0.05, 0.1) is 19.6 Å². The van der Waals surface area contributed by atoms with Crippen LogP contribution in [0, 0.1) is 5.92 Å². The van der Waals surface area contributed by atoms with E-state index in [4.69, 9.17) is 9.84 Å². The molecule has 1 saturated heterocycles. The normalized spacial score (nSPS) is 18.7. The molecule has 2 N–H and O–H groups in total. The second kappa shape index (κ2) is 8.83. The number of piperidine rings is 1. The fourth-order valence-electron chi connectivity index (χ4n) is 3.09. The molecule has 7 nitrogen and oxygen atoms in total. The van der Waals surface area contributed by atoms with Gasteiger partial charge in [-0.05, 0) is 36.5 Å². The number of benzene rings is 1. The molecule has 1 atom stereocenters. The number of methoxy groups -OCH3 is 1. The minimum absolute atomic E-state index is 0.134. The van der Waals surface area contributed by atoms with Crippen LogP contribution in [-0.4, -0.2) is 57.1 Å². The van der Waals surface area contributed by atoms with E-state index in [1.807, 2.05) is 19.9 Å². The first kappa shape index (κ1) is 20.7. The SMILES string of the molecule is COc1ccc(C(C)C)cc1S(=O)(=O)N1CCC[C@H](C(=O)NCCO)C1. The van der Waals surface area contributed by atoms with E-state index >= 15 is 0 Å². The van der Waals surface area contributed by atoms with Gasteiger partial charge in [-0.15, -0.1) is 0 Å². The van der Waals surface area contributed by atoms with Gasteiger partial charge in [0.2, 0.25) is 15.9 Å². The number of aliphatic hydroxyl groups excluding tert-OH is 1. The predicted octanol–water partition coefficient (Wildman–Crippen LogP) is 1.33. The minimum atomic E-state index is -3.77. The Balaban J connectivity index is 2.29. The molecule has 1 aliphatic heterocycles. The van der Waals surface area contributed by atoms with Crippen molar-refractivity contribution in [3.63, 3.8) is 0 Å². The summed E-state index contributed by atoms with van der Waals surface area (Å²) in [6.45, 7) is 4.54. The molecule has 0 saturated carbocycles. The number of rotatable bonds is 7. The first-order valence-corrected chi connectivity index (χ1v) is 10.3. The number of carbonyl (C=O) groups excluding carboxylic acids is 1. The molecular formula is C18H28N2O5S. The third kappa shape index (κ3) is 4.55. The summed E-state index contributed by atoms with van der Waals surface area (Å²) in [4.78, 5) is 12.3. The standard InChI is InChI=1S/C18H28N2O5S/c1-13(2)14-6-7-16(25-3)17(11-14)26(23,24)20-9-4-5-15(12-20)18(22)19-8-10-21/h6-7,11,13,15,21H,4-5,8-10,12H2,1-3H3,(H,19,22)/t15-/m0/s1. The maximum Gasteiger partial charge on any atom is 0.246 e. The zero-order valence-electron chi connectivity index (χ0n) is 15.6. The molecule has 1 amide bonds. The van der Waals surface area contributed by atoms with Gasteiger partial charge in [0.15, 0.2) is 0 Å². The van der Waals surface area contributed by atoms with Crippen LogP contribution in [0.3, 0.4) is 0 Å². The van der Waals surface area contributed by atoms with Gasteiger partial charge in [-0.25, -0.2) is 8.42 Å². The van der Waals surface area contributed by atoms with Crippen LogP contribution in [-0.2, 0) is 14.8 Å². The lowest BCUT2D eigenvalue weighted by molar-refractivity contribution is -0.126. The van der Waals surface area contributed by atoms with E-state index in [9.17, 15) is 13.2 Å². The lowest BCUT2D eigenvalue weighted by Crippen LogP contribution is -2.45. The first-order valence-electron chi connectivity index (χ1n) is 8.88. The average Bonchev–Trinajstić information content (AvgIpc) is 2.65. The summed E-state index contributed by atoms with van der Waals surface area (Å²) < 4.78 is 33.0. The Morgan fingerprint density at radius 1 is 1.42 bits per heavy atom. The summed E-state index contributed by atoms with van der Waals surface area (Å²) >= 11 is 0. The Hall–Kier alpha value is -1.64. The Bertz CT molecular complexity index is 733. The van der Waals surface area contributed by atoms with Crippen molar-refractivity contribution in [1.82, 2.24) is 9.62 Å². The molecule has 0 spiro atoms. The van der Waals surface area contributed by atoms with Crippen LogP contribution in [0.5, 0.6) is 5.75 Å². The molecule has 1 heterocycles. The summed E-state index contributed by atoms with van der Waals surface area (Å²) in [5.74, 6) is -0.138.